The van der Waals surface area contributed by atoms with Gasteiger partial charge in [0.05, 0.1) is 19.3 Å². The average Bonchev–Trinajstić information content (AvgIpc) is 3.45. The lowest BCUT2D eigenvalue weighted by atomic mass is 9.95. The van der Waals surface area contributed by atoms with E-state index in [1.807, 2.05) is 51.2 Å². The van der Waals surface area contributed by atoms with Gasteiger partial charge in [-0.15, -0.1) is 0 Å². The second-order valence-corrected chi connectivity index (χ2v) is 12.0. The number of aliphatic hydroxyl groups is 1. The molecule has 5 atom stereocenters. The van der Waals surface area contributed by atoms with Crippen LogP contribution in [0.5, 0.6) is 0 Å². The SMILES string of the molecule is C/C(=C\C=C\[C@@H](C)COC(=O)N1CCC[C@@H]1CO)[C@H]1OC(=O)CCCCC[C@@H](OC(=O)N2CCN(C)CC2)/C=C/[C@@H]1C. The summed E-state index contributed by atoms with van der Waals surface area (Å²) in [4.78, 5) is 43.4. The van der Waals surface area contributed by atoms with Gasteiger partial charge < -0.3 is 34.0 Å². The highest BCUT2D eigenvalue weighted by Gasteiger charge is 2.29. The summed E-state index contributed by atoms with van der Waals surface area (Å²) < 4.78 is 17.3. The Morgan fingerprint density at radius 2 is 1.83 bits per heavy atom. The van der Waals surface area contributed by atoms with E-state index < -0.39 is 6.10 Å². The molecular formula is C32H51N3O7. The van der Waals surface area contributed by atoms with E-state index in [9.17, 15) is 19.5 Å². The zero-order valence-corrected chi connectivity index (χ0v) is 25.9. The summed E-state index contributed by atoms with van der Waals surface area (Å²) in [5.74, 6) is -0.347. The van der Waals surface area contributed by atoms with Gasteiger partial charge in [0.1, 0.15) is 12.2 Å². The van der Waals surface area contributed by atoms with E-state index in [4.69, 9.17) is 14.2 Å². The van der Waals surface area contributed by atoms with Gasteiger partial charge in [-0.1, -0.05) is 44.6 Å². The van der Waals surface area contributed by atoms with Crippen molar-refractivity contribution in [3.63, 3.8) is 0 Å². The number of piperazine rings is 1. The minimum atomic E-state index is -0.453. The van der Waals surface area contributed by atoms with E-state index in [2.05, 4.69) is 11.9 Å². The summed E-state index contributed by atoms with van der Waals surface area (Å²) >= 11 is 0. The molecule has 2 fully saturated rings. The number of amides is 2. The predicted octanol–water partition coefficient (Wildman–Crippen LogP) is 4.54. The fraction of sp³-hybridized carbons (Fsp3) is 0.719. The number of cyclic esters (lactones) is 1. The second-order valence-electron chi connectivity index (χ2n) is 12.0. The molecular weight excluding hydrogens is 538 g/mol. The third kappa shape index (κ3) is 10.8. The fourth-order valence-corrected chi connectivity index (χ4v) is 5.49. The molecule has 10 nitrogen and oxygen atoms in total. The summed E-state index contributed by atoms with van der Waals surface area (Å²) in [5.41, 5.74) is 0.895. The van der Waals surface area contributed by atoms with Crippen molar-refractivity contribution in [2.75, 3.05) is 53.0 Å². The number of likely N-dealkylation sites (N-methyl/N-ethyl adjacent to an activating group) is 1. The van der Waals surface area contributed by atoms with E-state index in [0.29, 0.717) is 26.1 Å². The van der Waals surface area contributed by atoms with Crippen molar-refractivity contribution in [1.82, 2.24) is 14.7 Å². The first kappa shape index (κ1) is 33.6. The predicted molar refractivity (Wildman–Crippen MR) is 161 cm³/mol. The van der Waals surface area contributed by atoms with Gasteiger partial charge in [0.15, 0.2) is 0 Å². The quantitative estimate of drug-likeness (QED) is 0.200. The van der Waals surface area contributed by atoms with Crippen molar-refractivity contribution in [3.8, 4) is 0 Å². The number of ether oxygens (including phenoxy) is 3. The maximum absolute atomic E-state index is 12.8. The van der Waals surface area contributed by atoms with Gasteiger partial charge in [-0.2, -0.15) is 0 Å². The highest BCUT2D eigenvalue weighted by Crippen LogP contribution is 2.23. The van der Waals surface area contributed by atoms with Gasteiger partial charge in [0.25, 0.3) is 0 Å². The third-order valence-electron chi connectivity index (χ3n) is 8.29. The lowest BCUT2D eigenvalue weighted by Gasteiger charge is -2.32. The van der Waals surface area contributed by atoms with Gasteiger partial charge in [0.2, 0.25) is 0 Å². The Balaban J connectivity index is 1.59. The molecule has 0 saturated carbocycles. The molecule has 0 aliphatic carbocycles. The molecule has 3 aliphatic rings. The van der Waals surface area contributed by atoms with Crippen LogP contribution in [-0.4, -0.2) is 109 Å². The smallest absolute Gasteiger partial charge is 0.410 e. The van der Waals surface area contributed by atoms with Crippen LogP contribution >= 0.6 is 0 Å². The van der Waals surface area contributed by atoms with Gasteiger partial charge in [-0.3, -0.25) is 4.79 Å². The molecule has 3 aliphatic heterocycles. The van der Waals surface area contributed by atoms with Crippen molar-refractivity contribution in [2.45, 2.75) is 84.0 Å². The molecule has 0 unspecified atom stereocenters. The first-order valence-corrected chi connectivity index (χ1v) is 15.6. The molecule has 42 heavy (non-hydrogen) atoms. The number of allylic oxidation sites excluding steroid dienone is 2. The lowest BCUT2D eigenvalue weighted by molar-refractivity contribution is -0.148. The number of hydrogen-bond acceptors (Lipinski definition) is 8. The van der Waals surface area contributed by atoms with E-state index in [-0.39, 0.29) is 55.4 Å². The minimum Gasteiger partial charge on any atom is -0.457 e. The number of carbonyl (C=O) groups is 3. The van der Waals surface area contributed by atoms with E-state index >= 15 is 0 Å². The van der Waals surface area contributed by atoms with Crippen LogP contribution in [0.25, 0.3) is 0 Å². The molecule has 0 aromatic rings. The van der Waals surface area contributed by atoms with Crippen molar-refractivity contribution in [3.05, 3.63) is 36.0 Å². The Bertz CT molecular complexity index is 973. The fourth-order valence-electron chi connectivity index (χ4n) is 5.49. The number of nitrogens with zero attached hydrogens (tertiary/aromatic N) is 3. The van der Waals surface area contributed by atoms with Crippen LogP contribution in [0.15, 0.2) is 36.0 Å². The molecule has 0 radical (unpaired) electrons. The van der Waals surface area contributed by atoms with Crippen molar-refractivity contribution in [2.24, 2.45) is 11.8 Å². The summed E-state index contributed by atoms with van der Waals surface area (Å²) in [6.07, 6.45) is 13.5. The number of rotatable bonds is 7. The zero-order chi connectivity index (χ0) is 30.5. The molecule has 0 aromatic carbocycles. The Morgan fingerprint density at radius 1 is 1.07 bits per heavy atom. The van der Waals surface area contributed by atoms with Crippen LogP contribution in [0.3, 0.4) is 0 Å². The molecule has 3 heterocycles. The highest BCUT2D eigenvalue weighted by molar-refractivity contribution is 5.70. The van der Waals surface area contributed by atoms with Crippen molar-refractivity contribution in [1.29, 1.82) is 0 Å². The molecule has 1 N–H and O–H groups in total. The van der Waals surface area contributed by atoms with Gasteiger partial charge in [0, 0.05) is 51.0 Å². The van der Waals surface area contributed by atoms with Crippen molar-refractivity contribution >= 4 is 18.2 Å². The summed E-state index contributed by atoms with van der Waals surface area (Å²) in [6, 6.07) is -0.155. The molecule has 3 rings (SSSR count). The molecule has 0 bridgehead atoms. The Hall–Kier alpha value is -2.85. The van der Waals surface area contributed by atoms with E-state index in [0.717, 1.165) is 57.2 Å². The van der Waals surface area contributed by atoms with Crippen LogP contribution in [0, 0.1) is 11.8 Å². The Kier molecular flexibility index (Phi) is 13.9. The van der Waals surface area contributed by atoms with Gasteiger partial charge in [-0.25, -0.2) is 9.59 Å². The van der Waals surface area contributed by atoms with Gasteiger partial charge >= 0.3 is 18.2 Å². The first-order chi connectivity index (χ1) is 20.2. The lowest BCUT2D eigenvalue weighted by Crippen LogP contribution is -2.47. The topological polar surface area (TPSA) is 109 Å². The van der Waals surface area contributed by atoms with E-state index in [1.165, 1.54) is 0 Å². The number of esters is 1. The molecule has 0 aromatic heterocycles. The van der Waals surface area contributed by atoms with Crippen LogP contribution < -0.4 is 0 Å². The average molecular weight is 590 g/mol. The highest BCUT2D eigenvalue weighted by atomic mass is 16.6. The third-order valence-corrected chi connectivity index (χ3v) is 8.29. The number of hydrogen-bond donors (Lipinski definition) is 1. The normalized spacial score (nSPS) is 28.5. The number of aliphatic hydroxyl groups excluding tert-OH is 1. The Labute approximate surface area is 251 Å². The molecule has 236 valence electrons. The van der Waals surface area contributed by atoms with Crippen LogP contribution in [0.1, 0.15) is 65.7 Å². The molecule has 0 spiro atoms. The standard InChI is InChI=1S/C32H51N3O7/c1-24(23-40-32(39)35-17-9-12-27(35)22-36)10-8-11-25(2)30-26(3)15-16-28(13-6-5-7-14-29(37)42-30)41-31(38)34-20-18-33(4)19-21-34/h8,10-11,15-16,24,26-28,30,36H,5-7,9,12-14,17-23H2,1-4H3/b10-8+,16-15+,25-11+/t24-,26+,27-,28-,30-/m1/s1. The minimum absolute atomic E-state index is 0.0138. The number of carbonyl (C=O) groups excluding carboxylic acids is 3. The summed E-state index contributed by atoms with van der Waals surface area (Å²) in [6.45, 7) is 9.73. The van der Waals surface area contributed by atoms with Crippen molar-refractivity contribution < 1.29 is 33.7 Å². The van der Waals surface area contributed by atoms with E-state index in [1.54, 1.807) is 9.80 Å². The monoisotopic (exact) mass is 589 g/mol. The second kappa shape index (κ2) is 17.3. The number of likely N-dealkylation sites (tertiary alicyclic amines) is 1. The maximum Gasteiger partial charge on any atom is 0.410 e. The summed E-state index contributed by atoms with van der Waals surface area (Å²) in [5, 5.41) is 9.44. The molecule has 2 amide bonds. The van der Waals surface area contributed by atoms with Gasteiger partial charge in [-0.05, 0) is 57.7 Å². The molecule has 2 saturated heterocycles. The largest absolute Gasteiger partial charge is 0.457 e. The van der Waals surface area contributed by atoms with Crippen LogP contribution in [0.2, 0.25) is 0 Å². The first-order valence-electron chi connectivity index (χ1n) is 15.6. The summed E-state index contributed by atoms with van der Waals surface area (Å²) in [7, 11) is 2.05. The maximum atomic E-state index is 12.8. The zero-order valence-electron chi connectivity index (χ0n) is 25.9. The van der Waals surface area contributed by atoms with Crippen LogP contribution in [0.4, 0.5) is 9.59 Å². The Morgan fingerprint density at radius 3 is 2.57 bits per heavy atom. The molecule has 10 heteroatoms. The van der Waals surface area contributed by atoms with Crippen LogP contribution in [-0.2, 0) is 19.0 Å².